The van der Waals surface area contributed by atoms with Crippen LogP contribution in [0.3, 0.4) is 0 Å². The molecule has 3 heterocycles. The largest absolute Gasteiger partial charge is 1.00 e. The molecule has 0 amide bonds. The second-order valence-corrected chi connectivity index (χ2v) is 20.1. The number of hydrogen-bond donors (Lipinski definition) is 0. The number of rotatable bonds is 4. The Balaban J connectivity index is -0.0000000665. The smallest absolute Gasteiger partial charge is 1.00 e. The summed E-state index contributed by atoms with van der Waals surface area (Å²) in [5, 5.41) is 8.25. The minimum atomic E-state index is -1.67. The molecule has 3 aliphatic heterocycles. The minimum Gasteiger partial charge on any atom is -1.00 e. The summed E-state index contributed by atoms with van der Waals surface area (Å²) in [7, 11) is 6.64. The van der Waals surface area contributed by atoms with Gasteiger partial charge in [0.05, 0.1) is 14.8 Å². The maximum absolute atomic E-state index is 8.25. The molecule has 14 heteroatoms. The minimum absolute atomic E-state index is 0. The van der Waals surface area contributed by atoms with E-state index in [0.717, 1.165) is 13.7 Å². The summed E-state index contributed by atoms with van der Waals surface area (Å²) in [5.41, 5.74) is 0. The Kier molecular flexibility index (Phi) is 47.2. The summed E-state index contributed by atoms with van der Waals surface area (Å²) in [5.74, 6) is 2.81. The van der Waals surface area contributed by atoms with Gasteiger partial charge in [-0.1, -0.05) is 6.04 Å². The van der Waals surface area contributed by atoms with Gasteiger partial charge in [0.25, 0.3) is 7.47 Å². The summed E-state index contributed by atoms with van der Waals surface area (Å²) >= 11 is 2.60. The van der Waals surface area contributed by atoms with E-state index in [4.69, 9.17) is 25.6 Å². The van der Waals surface area contributed by atoms with Crippen LogP contribution in [-0.4, -0.2) is 108 Å². The van der Waals surface area contributed by atoms with Crippen molar-refractivity contribution in [1.82, 2.24) is 0 Å². The fraction of sp³-hybridized carbons (Fsp3) is 1.00. The van der Waals surface area contributed by atoms with E-state index < -0.39 is 22.6 Å². The molecule has 0 radical (unpaired) electrons. The van der Waals surface area contributed by atoms with E-state index >= 15 is 0 Å². The fourth-order valence-electron chi connectivity index (χ4n) is 2.45. The molecule has 0 aromatic carbocycles. The van der Waals surface area contributed by atoms with Crippen molar-refractivity contribution in [3.63, 3.8) is 0 Å². The third-order valence-electron chi connectivity index (χ3n) is 4.18. The van der Waals surface area contributed by atoms with Crippen molar-refractivity contribution in [2.75, 3.05) is 53.7 Å². The van der Waals surface area contributed by atoms with Gasteiger partial charge in [-0.2, -0.15) is 29.5 Å². The van der Waals surface area contributed by atoms with Crippen LogP contribution in [0.4, 0.5) is 0 Å². The van der Waals surface area contributed by atoms with Gasteiger partial charge in [0.15, 0.2) is 17.4 Å². The molecule has 0 N–H and O–H groups in total. The van der Waals surface area contributed by atoms with Crippen molar-refractivity contribution in [3.05, 3.63) is 0 Å². The van der Waals surface area contributed by atoms with Crippen LogP contribution in [0.25, 0.3) is 0 Å². The van der Waals surface area contributed by atoms with Crippen LogP contribution in [0.15, 0.2) is 0 Å². The van der Waals surface area contributed by atoms with Gasteiger partial charge >= 0.3 is 52.9 Å². The first-order valence-electron chi connectivity index (χ1n) is 9.89. The van der Waals surface area contributed by atoms with E-state index in [1.54, 1.807) is 27.4 Å². The molecular weight excluding hydrogens is 488 g/mol. The van der Waals surface area contributed by atoms with Crippen LogP contribution in [-0.2, 0) is 20.5 Å². The molecule has 3 fully saturated rings. The number of hydrogen-bond acceptors (Lipinski definition) is 8. The standard InChI is InChI=1S/C5H12OSSi.C5H10O.C3H8SSi.4CH3O.2Al.2Li.4H/c1-6-8(2)5-3-4-7-8;1-5-3-2-4-6-5;1-2-4-5-3-1;4*1-2;;;;;;;;/h3-5H2,1-2H3;5H,2-4H2,1H3;1-3,5H2;4*1H3;;;;;;;;/q;;;4*-1;;+3;2*+1;;;;-1. The van der Waals surface area contributed by atoms with Crippen LogP contribution >= 0.6 is 22.4 Å². The van der Waals surface area contributed by atoms with Crippen LogP contribution < -0.4 is 42.8 Å². The van der Waals surface area contributed by atoms with Gasteiger partial charge in [-0.25, -0.2) is 0 Å². The first-order chi connectivity index (χ1) is 13.5. The summed E-state index contributed by atoms with van der Waals surface area (Å²) in [6.07, 6.45) is 5.98. The molecule has 3 rings (SSSR count). The average Bonchev–Trinajstić information content (AvgIpc) is 3.51. The maximum atomic E-state index is 8.25. The molecule has 3 saturated heterocycles. The van der Waals surface area contributed by atoms with Crippen molar-refractivity contribution in [3.8, 4) is 0 Å². The zero-order valence-electron chi connectivity index (χ0n) is 22.0. The van der Waals surface area contributed by atoms with Crippen LogP contribution in [0, 0.1) is 0 Å². The third kappa shape index (κ3) is 29.3. The normalized spacial score (nSPS) is 23.4. The predicted molar refractivity (Wildman–Crippen MR) is 139 cm³/mol. The molecule has 6 nitrogen and oxygen atoms in total. The Bertz CT molecular complexity index is 314. The van der Waals surface area contributed by atoms with E-state index in [-0.39, 0.29) is 56.5 Å². The second kappa shape index (κ2) is 33.2. The average molecular weight is 535 g/mol. The Hall–Kier alpha value is 3.15. The van der Waals surface area contributed by atoms with E-state index in [9.17, 15) is 0 Å². The van der Waals surface area contributed by atoms with Crippen molar-refractivity contribution in [2.24, 2.45) is 0 Å². The van der Waals surface area contributed by atoms with Gasteiger partial charge in [0.1, 0.15) is 0 Å². The first kappa shape index (κ1) is 44.2. The Labute approximate surface area is 244 Å². The van der Waals surface area contributed by atoms with E-state index in [2.05, 4.69) is 35.9 Å². The summed E-state index contributed by atoms with van der Waals surface area (Å²) in [6, 6.07) is 2.96. The van der Waals surface area contributed by atoms with Crippen LogP contribution in [0.5, 0.6) is 0 Å². The predicted octanol–water partition coefficient (Wildman–Crippen LogP) is -4.52. The van der Waals surface area contributed by atoms with Gasteiger partial charge in [0.2, 0.25) is 0 Å². The molecule has 0 spiro atoms. The Morgan fingerprint density at radius 2 is 1.61 bits per heavy atom. The topological polar surface area (TPSA) is 69.2 Å². The summed E-state index contributed by atoms with van der Waals surface area (Å²) in [6.45, 7) is 5.40. The molecular formula is C17H46Al2Li2O6S2Si2. The Morgan fingerprint density at radius 3 is 1.74 bits per heavy atom. The molecule has 0 aliphatic carbocycles. The van der Waals surface area contributed by atoms with Gasteiger partial charge < -0.3 is 27.1 Å². The molecule has 0 aromatic heterocycles. The molecule has 0 bridgehead atoms. The van der Waals surface area contributed by atoms with Gasteiger partial charge in [-0.05, 0) is 56.7 Å². The molecule has 0 aromatic rings. The third-order valence-corrected chi connectivity index (χ3v) is 16.4. The SMILES string of the molecule is C1C[SiH2]SC1.CC1CCCO1.CO[Si]1(C)CCCS1.C[O-].C[O][Al]([O]C)[O]C.[AlH3].[H-].[Li+].[Li+]. The van der Waals surface area contributed by atoms with E-state index in [1.807, 2.05) is 7.11 Å². The quantitative estimate of drug-likeness (QED) is 0.335. The van der Waals surface area contributed by atoms with E-state index in [0.29, 0.717) is 14.8 Å². The summed E-state index contributed by atoms with van der Waals surface area (Å²) < 4.78 is 24.8. The summed E-state index contributed by atoms with van der Waals surface area (Å²) in [4.78, 5) is 0. The molecule has 2 unspecified atom stereocenters. The van der Waals surface area contributed by atoms with Gasteiger partial charge in [-0.3, -0.25) is 0 Å². The zero-order chi connectivity index (χ0) is 21.7. The Morgan fingerprint density at radius 1 is 1.03 bits per heavy atom. The molecule has 31 heavy (non-hydrogen) atoms. The van der Waals surface area contributed by atoms with Gasteiger partial charge in [0, 0.05) is 35.0 Å². The first-order valence-corrected chi connectivity index (χ1v) is 19.5. The number of ether oxygens (including phenoxy) is 1. The van der Waals surface area contributed by atoms with Crippen LogP contribution in [0.2, 0.25) is 18.6 Å². The van der Waals surface area contributed by atoms with Crippen molar-refractivity contribution in [2.45, 2.75) is 57.3 Å². The van der Waals surface area contributed by atoms with Crippen molar-refractivity contribution >= 4 is 71.1 Å². The fourth-order valence-corrected chi connectivity index (χ4v) is 12.3. The van der Waals surface area contributed by atoms with E-state index in [1.165, 1.54) is 43.2 Å². The molecule has 2 atom stereocenters. The van der Waals surface area contributed by atoms with Crippen LogP contribution in [0.1, 0.15) is 34.0 Å². The molecule has 178 valence electrons. The van der Waals surface area contributed by atoms with Crippen molar-refractivity contribution < 1.29 is 64.8 Å². The second-order valence-electron chi connectivity index (χ2n) is 6.43. The maximum Gasteiger partial charge on any atom is 1.00 e. The molecule has 3 aliphatic rings. The monoisotopic (exact) mass is 534 g/mol. The van der Waals surface area contributed by atoms with Gasteiger partial charge in [-0.15, -0.1) is 0 Å². The zero-order valence-corrected chi connectivity index (χ0v) is 26.2. The molecule has 0 saturated carbocycles. The van der Waals surface area contributed by atoms with Crippen molar-refractivity contribution in [1.29, 1.82) is 0 Å².